The van der Waals surface area contributed by atoms with Crippen molar-refractivity contribution < 1.29 is 4.42 Å². The van der Waals surface area contributed by atoms with Crippen LogP contribution in [0.5, 0.6) is 0 Å². The third-order valence-electron chi connectivity index (χ3n) is 3.07. The summed E-state index contributed by atoms with van der Waals surface area (Å²) in [4.78, 5) is 2.43. The van der Waals surface area contributed by atoms with E-state index in [4.69, 9.17) is 4.42 Å². The van der Waals surface area contributed by atoms with Crippen molar-refractivity contribution in [3.8, 4) is 0 Å². The zero-order valence-electron chi connectivity index (χ0n) is 10.6. The molecule has 0 aliphatic heterocycles. The largest absolute Gasteiger partial charge is 0.468 e. The summed E-state index contributed by atoms with van der Waals surface area (Å²) in [6.07, 6.45) is 6.47. The Morgan fingerprint density at radius 2 is 2.41 bits per heavy atom. The van der Waals surface area contributed by atoms with Gasteiger partial charge in [0.05, 0.1) is 12.8 Å². The number of nitrogens with zero attached hydrogens (tertiary/aromatic N) is 1. The van der Waals surface area contributed by atoms with Crippen molar-refractivity contribution in [1.29, 1.82) is 0 Å². The summed E-state index contributed by atoms with van der Waals surface area (Å²) >= 11 is 0. The Morgan fingerprint density at radius 1 is 1.59 bits per heavy atom. The van der Waals surface area contributed by atoms with Crippen molar-refractivity contribution in [3.05, 3.63) is 36.3 Å². The fraction of sp³-hybridized carbons (Fsp3) is 0.571. The summed E-state index contributed by atoms with van der Waals surface area (Å²) < 4.78 is 5.60. The first-order chi connectivity index (χ1) is 8.33. The zero-order valence-corrected chi connectivity index (χ0v) is 10.6. The van der Waals surface area contributed by atoms with Crippen LogP contribution in [0.1, 0.15) is 31.1 Å². The first-order valence-corrected chi connectivity index (χ1v) is 6.45. The van der Waals surface area contributed by atoms with E-state index in [0.29, 0.717) is 0 Å². The van der Waals surface area contributed by atoms with E-state index < -0.39 is 0 Å². The van der Waals surface area contributed by atoms with Crippen LogP contribution < -0.4 is 5.32 Å². The average Bonchev–Trinajstić information content (AvgIpc) is 3.08. The Kier molecular flexibility index (Phi) is 4.40. The quantitative estimate of drug-likeness (QED) is 0.701. The highest BCUT2D eigenvalue weighted by molar-refractivity contribution is 5.13. The minimum Gasteiger partial charge on any atom is -0.468 e. The van der Waals surface area contributed by atoms with Gasteiger partial charge in [0.1, 0.15) is 5.76 Å². The Hall–Kier alpha value is -1.06. The molecule has 0 amide bonds. The highest BCUT2D eigenvalue weighted by Gasteiger charge is 2.28. The topological polar surface area (TPSA) is 28.4 Å². The van der Waals surface area contributed by atoms with Crippen molar-refractivity contribution in [3.63, 3.8) is 0 Å². The standard InChI is InChI=1S/C14H22N2O/c1-3-7-16(13-5-6-13)10-14-8-12(11-17-14)9-15-4-2/h3,8,11,13,15H,1,4-7,9-10H2,2H3. The summed E-state index contributed by atoms with van der Waals surface area (Å²) in [5.41, 5.74) is 1.23. The molecular weight excluding hydrogens is 212 g/mol. The lowest BCUT2D eigenvalue weighted by atomic mass is 10.3. The number of hydrogen-bond donors (Lipinski definition) is 1. The highest BCUT2D eigenvalue weighted by atomic mass is 16.3. The summed E-state index contributed by atoms with van der Waals surface area (Å²) in [6.45, 7) is 9.67. The van der Waals surface area contributed by atoms with Gasteiger partial charge in [-0.3, -0.25) is 4.90 Å². The van der Waals surface area contributed by atoms with Gasteiger partial charge in [-0.1, -0.05) is 13.0 Å². The van der Waals surface area contributed by atoms with Crippen LogP contribution in [-0.2, 0) is 13.1 Å². The fourth-order valence-corrected chi connectivity index (χ4v) is 2.02. The van der Waals surface area contributed by atoms with Gasteiger partial charge >= 0.3 is 0 Å². The second-order valence-electron chi connectivity index (χ2n) is 4.65. The van der Waals surface area contributed by atoms with Gasteiger partial charge in [-0.25, -0.2) is 0 Å². The van der Waals surface area contributed by atoms with Crippen LogP contribution in [0.3, 0.4) is 0 Å². The van der Waals surface area contributed by atoms with Crippen molar-refractivity contribution in [2.24, 2.45) is 0 Å². The fourth-order valence-electron chi connectivity index (χ4n) is 2.02. The highest BCUT2D eigenvalue weighted by Crippen LogP contribution is 2.28. The molecule has 1 aromatic rings. The molecule has 17 heavy (non-hydrogen) atoms. The van der Waals surface area contributed by atoms with E-state index in [2.05, 4.69) is 29.8 Å². The third kappa shape index (κ3) is 3.72. The number of nitrogens with one attached hydrogen (secondary N) is 1. The van der Waals surface area contributed by atoms with Gasteiger partial charge in [0.2, 0.25) is 0 Å². The van der Waals surface area contributed by atoms with Crippen LogP contribution in [-0.4, -0.2) is 24.0 Å². The Morgan fingerprint density at radius 3 is 3.06 bits per heavy atom. The molecule has 1 aromatic heterocycles. The number of furan rings is 1. The maximum absolute atomic E-state index is 5.60. The molecule has 1 aliphatic rings. The lowest BCUT2D eigenvalue weighted by molar-refractivity contribution is 0.258. The number of hydrogen-bond acceptors (Lipinski definition) is 3. The van der Waals surface area contributed by atoms with E-state index in [1.54, 1.807) is 0 Å². The van der Waals surface area contributed by atoms with Crippen LogP contribution in [0.2, 0.25) is 0 Å². The van der Waals surface area contributed by atoms with Gasteiger partial charge in [0.25, 0.3) is 0 Å². The van der Waals surface area contributed by atoms with E-state index >= 15 is 0 Å². The first kappa shape index (κ1) is 12.4. The molecule has 0 atom stereocenters. The Bertz CT molecular complexity index is 355. The van der Waals surface area contributed by atoms with Crippen LogP contribution in [0.15, 0.2) is 29.4 Å². The normalized spacial score (nSPS) is 15.4. The molecule has 1 aliphatic carbocycles. The predicted molar refractivity (Wildman–Crippen MR) is 69.7 cm³/mol. The molecule has 0 spiro atoms. The summed E-state index contributed by atoms with van der Waals surface area (Å²) in [6, 6.07) is 2.90. The minimum absolute atomic E-state index is 0.746. The van der Waals surface area contributed by atoms with Crippen LogP contribution >= 0.6 is 0 Å². The SMILES string of the molecule is C=CCN(Cc1cc(CNCC)co1)C1CC1. The summed E-state index contributed by atoms with van der Waals surface area (Å²) in [7, 11) is 0. The lowest BCUT2D eigenvalue weighted by Crippen LogP contribution is -2.25. The van der Waals surface area contributed by atoms with Crippen molar-refractivity contribution in [2.75, 3.05) is 13.1 Å². The molecular formula is C14H22N2O. The minimum atomic E-state index is 0.746. The van der Waals surface area contributed by atoms with E-state index in [9.17, 15) is 0 Å². The maximum Gasteiger partial charge on any atom is 0.118 e. The molecule has 0 unspecified atom stereocenters. The molecule has 3 nitrogen and oxygen atoms in total. The van der Waals surface area contributed by atoms with E-state index in [-0.39, 0.29) is 0 Å². The monoisotopic (exact) mass is 234 g/mol. The maximum atomic E-state index is 5.60. The van der Waals surface area contributed by atoms with Gasteiger partial charge in [-0.2, -0.15) is 0 Å². The predicted octanol–water partition coefficient (Wildman–Crippen LogP) is 2.54. The molecule has 0 radical (unpaired) electrons. The smallest absolute Gasteiger partial charge is 0.118 e. The average molecular weight is 234 g/mol. The van der Waals surface area contributed by atoms with Crippen LogP contribution in [0, 0.1) is 0 Å². The summed E-state index contributed by atoms with van der Waals surface area (Å²) in [5.74, 6) is 1.06. The van der Waals surface area contributed by atoms with Gasteiger partial charge in [-0.15, -0.1) is 6.58 Å². The molecule has 1 fully saturated rings. The molecule has 0 aromatic carbocycles. The molecule has 2 rings (SSSR count). The van der Waals surface area contributed by atoms with Gasteiger partial charge in [-0.05, 0) is 25.5 Å². The second kappa shape index (κ2) is 6.03. The Labute approximate surface area is 103 Å². The van der Waals surface area contributed by atoms with Crippen LogP contribution in [0.4, 0.5) is 0 Å². The lowest BCUT2D eigenvalue weighted by Gasteiger charge is -2.18. The molecule has 0 bridgehead atoms. The molecule has 1 heterocycles. The van der Waals surface area contributed by atoms with Gasteiger partial charge in [0.15, 0.2) is 0 Å². The first-order valence-electron chi connectivity index (χ1n) is 6.45. The van der Waals surface area contributed by atoms with E-state index in [1.807, 2.05) is 12.3 Å². The molecule has 0 saturated heterocycles. The number of rotatable bonds is 8. The van der Waals surface area contributed by atoms with Crippen LogP contribution in [0.25, 0.3) is 0 Å². The van der Waals surface area contributed by atoms with Crippen molar-refractivity contribution in [1.82, 2.24) is 10.2 Å². The van der Waals surface area contributed by atoms with Gasteiger partial charge < -0.3 is 9.73 Å². The molecule has 1 saturated carbocycles. The van der Waals surface area contributed by atoms with E-state index in [0.717, 1.165) is 38.0 Å². The van der Waals surface area contributed by atoms with Crippen molar-refractivity contribution >= 4 is 0 Å². The summed E-state index contributed by atoms with van der Waals surface area (Å²) in [5, 5.41) is 3.30. The van der Waals surface area contributed by atoms with Crippen molar-refractivity contribution in [2.45, 2.75) is 38.9 Å². The van der Waals surface area contributed by atoms with Gasteiger partial charge in [0, 0.05) is 24.7 Å². The van der Waals surface area contributed by atoms with E-state index in [1.165, 1.54) is 18.4 Å². The molecule has 94 valence electrons. The second-order valence-corrected chi connectivity index (χ2v) is 4.65. The zero-order chi connectivity index (χ0) is 12.1. The third-order valence-corrected chi connectivity index (χ3v) is 3.07. The Balaban J connectivity index is 1.87. The molecule has 1 N–H and O–H groups in total. The molecule has 3 heteroatoms.